The van der Waals surface area contributed by atoms with Crippen molar-refractivity contribution < 1.29 is 22.7 Å². The van der Waals surface area contributed by atoms with Gasteiger partial charge in [0.1, 0.15) is 5.60 Å². The Hall–Kier alpha value is -1.15. The van der Waals surface area contributed by atoms with E-state index in [9.17, 15) is 18.0 Å². The van der Waals surface area contributed by atoms with Gasteiger partial charge in [-0.2, -0.15) is 13.2 Å². The maximum atomic E-state index is 12.3. The number of thiazole rings is 1. The Morgan fingerprint density at radius 3 is 2.95 bits per heavy atom. The van der Waals surface area contributed by atoms with Gasteiger partial charge in [0, 0.05) is 24.4 Å². The van der Waals surface area contributed by atoms with Gasteiger partial charge in [0.05, 0.1) is 16.6 Å². The number of piperidine rings is 1. The largest absolute Gasteiger partial charge is 0.490 e. The summed E-state index contributed by atoms with van der Waals surface area (Å²) in [6.07, 6.45) is -4.95. The first-order valence-corrected chi connectivity index (χ1v) is 6.65. The summed E-state index contributed by atoms with van der Waals surface area (Å²) in [6, 6.07) is 0. The van der Waals surface area contributed by atoms with Gasteiger partial charge in [-0.1, -0.05) is 0 Å². The van der Waals surface area contributed by atoms with Gasteiger partial charge < -0.3 is 10.1 Å². The van der Waals surface area contributed by atoms with Gasteiger partial charge in [-0.05, 0) is 6.92 Å². The summed E-state index contributed by atoms with van der Waals surface area (Å²) >= 11 is 1.44. The summed E-state index contributed by atoms with van der Waals surface area (Å²) in [5.74, 6) is -2.44. The van der Waals surface area contributed by atoms with E-state index in [-0.39, 0.29) is 18.4 Å². The molecule has 2 aliphatic rings. The number of carbonyl (C=O) groups excluding carboxylic acids is 1. The number of aryl methyl sites for hydroxylation is 1. The third kappa shape index (κ3) is 1.93. The number of ether oxygens (including phenoxy) is 1. The predicted octanol–water partition coefficient (Wildman–Crippen LogP) is 1.61. The van der Waals surface area contributed by atoms with Crippen LogP contribution in [0.25, 0.3) is 0 Å². The summed E-state index contributed by atoms with van der Waals surface area (Å²) in [6.45, 7) is 2.63. The zero-order valence-corrected chi connectivity index (χ0v) is 10.8. The van der Waals surface area contributed by atoms with Gasteiger partial charge >= 0.3 is 12.1 Å². The van der Waals surface area contributed by atoms with Crippen LogP contribution < -0.4 is 5.32 Å². The zero-order valence-electron chi connectivity index (χ0n) is 9.95. The van der Waals surface area contributed by atoms with Gasteiger partial charge in [-0.3, -0.25) is 0 Å². The lowest BCUT2D eigenvalue weighted by atomic mass is 10.2. The lowest BCUT2D eigenvalue weighted by Gasteiger charge is -2.17. The molecule has 0 bridgehead atoms. The van der Waals surface area contributed by atoms with Crippen LogP contribution in [0.1, 0.15) is 16.6 Å². The van der Waals surface area contributed by atoms with Crippen molar-refractivity contribution in [2.24, 2.45) is 5.92 Å². The summed E-state index contributed by atoms with van der Waals surface area (Å²) in [7, 11) is 0. The summed E-state index contributed by atoms with van der Waals surface area (Å²) < 4.78 is 41.7. The Bertz CT molecular complexity index is 530. The zero-order chi connectivity index (χ0) is 13.8. The Morgan fingerprint density at radius 1 is 1.63 bits per heavy atom. The number of hydrogen-bond acceptors (Lipinski definition) is 5. The molecule has 104 valence electrons. The van der Waals surface area contributed by atoms with Crippen molar-refractivity contribution in [1.82, 2.24) is 10.3 Å². The second kappa shape index (κ2) is 3.92. The number of halogens is 3. The van der Waals surface area contributed by atoms with E-state index in [0.29, 0.717) is 6.54 Å². The highest BCUT2D eigenvalue weighted by Crippen LogP contribution is 2.62. The van der Waals surface area contributed by atoms with Gasteiger partial charge in [-0.15, -0.1) is 11.3 Å². The number of nitrogens with one attached hydrogen (secondary N) is 1. The standard InChI is InChI=1S/C11H11F3N2O2S/c1-5-16-7(3-19-5)8-6-2-15-4-10(6,8)18-9(17)11(12,13)14/h3,6,8,15H,2,4H2,1H3/t6-,8-,10+/m1/s1. The fraction of sp³-hybridized carbons (Fsp3) is 0.636. The van der Waals surface area contributed by atoms with Crippen LogP contribution in [0, 0.1) is 12.8 Å². The Balaban J connectivity index is 1.81. The van der Waals surface area contributed by atoms with Gasteiger partial charge in [0.2, 0.25) is 0 Å². The monoisotopic (exact) mass is 292 g/mol. The molecule has 0 spiro atoms. The number of nitrogens with zero attached hydrogens (tertiary/aromatic N) is 1. The molecule has 3 atom stereocenters. The molecule has 2 fully saturated rings. The molecule has 0 amide bonds. The van der Waals surface area contributed by atoms with E-state index in [1.807, 2.05) is 12.3 Å². The van der Waals surface area contributed by atoms with Crippen molar-refractivity contribution in [1.29, 1.82) is 0 Å². The first-order valence-electron chi connectivity index (χ1n) is 5.77. The highest BCUT2D eigenvalue weighted by atomic mass is 32.1. The second-order valence-corrected chi connectivity index (χ2v) is 5.91. The van der Waals surface area contributed by atoms with Crippen molar-refractivity contribution in [3.63, 3.8) is 0 Å². The number of alkyl halides is 3. The quantitative estimate of drug-likeness (QED) is 0.842. The van der Waals surface area contributed by atoms with E-state index in [0.717, 1.165) is 10.7 Å². The van der Waals surface area contributed by atoms with Crippen molar-refractivity contribution in [2.45, 2.75) is 24.6 Å². The fourth-order valence-electron chi connectivity index (χ4n) is 2.83. The molecular weight excluding hydrogens is 281 g/mol. The number of fused-ring (bicyclic) bond motifs is 1. The lowest BCUT2D eigenvalue weighted by molar-refractivity contribution is -0.207. The smallest absolute Gasteiger partial charge is 0.450 e. The predicted molar refractivity (Wildman–Crippen MR) is 60.8 cm³/mol. The van der Waals surface area contributed by atoms with Crippen molar-refractivity contribution in [3.8, 4) is 0 Å². The summed E-state index contributed by atoms with van der Waals surface area (Å²) in [5, 5.41) is 5.63. The number of esters is 1. The minimum absolute atomic E-state index is 0.111. The average molecular weight is 292 g/mol. The Labute approximate surface area is 111 Å². The van der Waals surface area contributed by atoms with E-state index in [1.54, 1.807) is 0 Å². The minimum atomic E-state index is -4.95. The SMILES string of the molecule is Cc1nc([C@H]2[C@H]3CNC[C@]32OC(=O)C(F)(F)F)cs1. The van der Waals surface area contributed by atoms with E-state index >= 15 is 0 Å². The van der Waals surface area contributed by atoms with Crippen LogP contribution in [0.2, 0.25) is 0 Å². The Kier molecular flexibility index (Phi) is 2.66. The Morgan fingerprint density at radius 2 is 2.37 bits per heavy atom. The van der Waals surface area contributed by atoms with Crippen LogP contribution in [0.4, 0.5) is 13.2 Å². The van der Waals surface area contributed by atoms with Crippen LogP contribution in [0.15, 0.2) is 5.38 Å². The molecule has 19 heavy (non-hydrogen) atoms. The number of aromatic nitrogens is 1. The molecule has 8 heteroatoms. The molecular formula is C11H11F3N2O2S. The van der Waals surface area contributed by atoms with Gasteiger partial charge in [-0.25, -0.2) is 9.78 Å². The first kappa shape index (κ1) is 12.9. The topological polar surface area (TPSA) is 51.2 Å². The number of rotatable bonds is 2. The lowest BCUT2D eigenvalue weighted by Crippen LogP contribution is -2.35. The van der Waals surface area contributed by atoms with Crippen LogP contribution in [-0.4, -0.2) is 35.8 Å². The molecule has 1 aromatic rings. The molecule has 1 aliphatic carbocycles. The van der Waals surface area contributed by atoms with E-state index < -0.39 is 17.7 Å². The molecule has 1 aromatic heterocycles. The van der Waals surface area contributed by atoms with Crippen molar-refractivity contribution in [3.05, 3.63) is 16.1 Å². The number of hydrogen-bond donors (Lipinski definition) is 1. The average Bonchev–Trinajstić information content (AvgIpc) is 2.68. The maximum absolute atomic E-state index is 12.3. The van der Waals surface area contributed by atoms with E-state index in [1.165, 1.54) is 11.3 Å². The molecule has 2 heterocycles. The third-order valence-electron chi connectivity index (χ3n) is 3.68. The van der Waals surface area contributed by atoms with E-state index in [2.05, 4.69) is 10.3 Å². The molecule has 1 aliphatic heterocycles. The normalized spacial score (nSPS) is 33.1. The maximum Gasteiger partial charge on any atom is 0.490 e. The highest BCUT2D eigenvalue weighted by molar-refractivity contribution is 7.09. The first-order chi connectivity index (χ1) is 8.84. The molecule has 3 rings (SSSR count). The van der Waals surface area contributed by atoms with E-state index in [4.69, 9.17) is 4.74 Å². The molecule has 0 unspecified atom stereocenters. The third-order valence-corrected chi connectivity index (χ3v) is 4.47. The molecule has 0 radical (unpaired) electrons. The number of carbonyl (C=O) groups is 1. The molecule has 1 N–H and O–H groups in total. The molecule has 1 saturated carbocycles. The van der Waals surface area contributed by atoms with Gasteiger partial charge in [0.15, 0.2) is 0 Å². The van der Waals surface area contributed by atoms with Crippen LogP contribution in [0.3, 0.4) is 0 Å². The molecule has 4 nitrogen and oxygen atoms in total. The second-order valence-electron chi connectivity index (χ2n) is 4.85. The van der Waals surface area contributed by atoms with Crippen molar-refractivity contribution in [2.75, 3.05) is 13.1 Å². The molecule has 0 aromatic carbocycles. The van der Waals surface area contributed by atoms with Crippen LogP contribution in [0.5, 0.6) is 0 Å². The summed E-state index contributed by atoms with van der Waals surface area (Å²) in [5.41, 5.74) is -0.336. The molecule has 1 saturated heterocycles. The van der Waals surface area contributed by atoms with Crippen molar-refractivity contribution >= 4 is 17.3 Å². The highest BCUT2D eigenvalue weighted by Gasteiger charge is 2.72. The van der Waals surface area contributed by atoms with Crippen LogP contribution in [-0.2, 0) is 9.53 Å². The van der Waals surface area contributed by atoms with Gasteiger partial charge in [0.25, 0.3) is 0 Å². The summed E-state index contributed by atoms with van der Waals surface area (Å²) in [4.78, 5) is 15.3. The minimum Gasteiger partial charge on any atom is -0.450 e. The van der Waals surface area contributed by atoms with Crippen LogP contribution >= 0.6 is 11.3 Å². The fourth-order valence-corrected chi connectivity index (χ4v) is 3.48.